The molecule has 106 valence electrons. The molecule has 0 aromatic carbocycles. The van der Waals surface area contributed by atoms with Crippen LogP contribution in [0.15, 0.2) is 6.07 Å². The maximum Gasteiger partial charge on any atom is 0.137 e. The molecule has 0 saturated heterocycles. The lowest BCUT2D eigenvalue weighted by atomic mass is 9.64. The largest absolute Gasteiger partial charge is 0.392 e. The maximum absolute atomic E-state index is 9.76. The number of hydrogen-bond donors (Lipinski definition) is 2. The molecule has 1 aliphatic carbocycles. The van der Waals surface area contributed by atoms with Crippen molar-refractivity contribution in [2.75, 3.05) is 5.32 Å². The summed E-state index contributed by atoms with van der Waals surface area (Å²) < 4.78 is 0. The first-order valence-electron chi connectivity index (χ1n) is 6.60. The Hall–Kier alpha value is -0.870. The van der Waals surface area contributed by atoms with Crippen LogP contribution in [0.3, 0.4) is 0 Å². The summed E-state index contributed by atoms with van der Waals surface area (Å²) in [5.41, 5.74) is -0.282. The molecule has 5 heteroatoms. The molecule has 1 aromatic heterocycles. The number of anilines is 1. The molecule has 1 aliphatic rings. The van der Waals surface area contributed by atoms with Crippen LogP contribution < -0.4 is 5.32 Å². The van der Waals surface area contributed by atoms with E-state index in [0.717, 1.165) is 18.1 Å². The second-order valence-corrected chi connectivity index (χ2v) is 7.31. The van der Waals surface area contributed by atoms with Gasteiger partial charge in [-0.2, -0.15) is 0 Å². The lowest BCUT2D eigenvalue weighted by molar-refractivity contribution is -0.0511. The van der Waals surface area contributed by atoms with Gasteiger partial charge in [0.05, 0.1) is 6.10 Å². The zero-order valence-corrected chi connectivity index (χ0v) is 12.9. The van der Waals surface area contributed by atoms with Crippen molar-refractivity contribution in [2.45, 2.75) is 58.6 Å². The zero-order chi connectivity index (χ0) is 14.4. The van der Waals surface area contributed by atoms with Crippen molar-refractivity contribution in [1.82, 2.24) is 9.97 Å². The summed E-state index contributed by atoms with van der Waals surface area (Å²) in [5.74, 6) is 1.45. The monoisotopic (exact) mass is 283 g/mol. The van der Waals surface area contributed by atoms with Crippen molar-refractivity contribution in [2.24, 2.45) is 5.41 Å². The smallest absolute Gasteiger partial charge is 0.137 e. The topological polar surface area (TPSA) is 58.0 Å². The molecule has 19 heavy (non-hydrogen) atoms. The van der Waals surface area contributed by atoms with E-state index < -0.39 is 0 Å². The van der Waals surface area contributed by atoms with Gasteiger partial charge in [-0.3, -0.25) is 0 Å². The third-order valence-electron chi connectivity index (χ3n) is 3.90. The fraction of sp³-hybridized carbons (Fsp3) is 0.714. The van der Waals surface area contributed by atoms with Crippen molar-refractivity contribution in [1.29, 1.82) is 0 Å². The number of aromatic nitrogens is 2. The molecule has 1 heterocycles. The molecule has 2 rings (SSSR count). The lowest BCUT2D eigenvalue weighted by Gasteiger charge is -2.49. The van der Waals surface area contributed by atoms with E-state index in [2.05, 4.69) is 36.1 Å². The highest BCUT2D eigenvalue weighted by molar-refractivity contribution is 6.29. The Morgan fingerprint density at radius 3 is 2.47 bits per heavy atom. The molecule has 1 fully saturated rings. The predicted molar refractivity (Wildman–Crippen MR) is 77.6 cm³/mol. The van der Waals surface area contributed by atoms with Crippen LogP contribution in [0.4, 0.5) is 5.82 Å². The van der Waals surface area contributed by atoms with Crippen LogP contribution in [0.2, 0.25) is 5.15 Å². The Kier molecular flexibility index (Phi) is 3.52. The van der Waals surface area contributed by atoms with Gasteiger partial charge >= 0.3 is 0 Å². The normalized spacial score (nSPS) is 25.8. The van der Waals surface area contributed by atoms with Crippen LogP contribution in [0.1, 0.15) is 46.9 Å². The molecule has 1 saturated carbocycles. The van der Waals surface area contributed by atoms with E-state index in [1.165, 1.54) is 0 Å². The summed E-state index contributed by atoms with van der Waals surface area (Å²) >= 11 is 6.06. The second-order valence-electron chi connectivity index (χ2n) is 6.92. The number of nitrogens with zero attached hydrogens (tertiary/aromatic N) is 2. The van der Waals surface area contributed by atoms with Gasteiger partial charge in [-0.1, -0.05) is 46.2 Å². The van der Waals surface area contributed by atoms with Crippen LogP contribution in [0, 0.1) is 5.41 Å². The third kappa shape index (κ3) is 2.84. The van der Waals surface area contributed by atoms with Gasteiger partial charge < -0.3 is 10.4 Å². The summed E-state index contributed by atoms with van der Waals surface area (Å²) in [4.78, 5) is 8.80. The number of hydrogen-bond acceptors (Lipinski definition) is 4. The number of halogens is 1. The minimum atomic E-state index is -0.260. The fourth-order valence-corrected chi connectivity index (χ4v) is 2.34. The van der Waals surface area contributed by atoms with Gasteiger partial charge in [0.25, 0.3) is 0 Å². The SMILES string of the molecule is CC(C)(C)c1nc(Cl)cc(NC2CC(O)C2(C)C)n1. The van der Waals surface area contributed by atoms with Crippen LogP contribution in [0.5, 0.6) is 0 Å². The minimum absolute atomic E-state index is 0.140. The average molecular weight is 284 g/mol. The Bertz CT molecular complexity index is 482. The van der Waals surface area contributed by atoms with E-state index in [1.54, 1.807) is 6.07 Å². The summed E-state index contributed by atoms with van der Waals surface area (Å²) in [6.45, 7) is 10.3. The number of aliphatic hydroxyl groups is 1. The second kappa shape index (κ2) is 4.60. The Morgan fingerprint density at radius 2 is 2.00 bits per heavy atom. The summed E-state index contributed by atoms with van der Waals surface area (Å²) in [7, 11) is 0. The molecule has 0 aliphatic heterocycles. The third-order valence-corrected chi connectivity index (χ3v) is 4.10. The summed E-state index contributed by atoms with van der Waals surface area (Å²) in [6, 6.07) is 1.94. The minimum Gasteiger partial charge on any atom is -0.392 e. The Balaban J connectivity index is 2.20. The first-order valence-corrected chi connectivity index (χ1v) is 6.98. The molecule has 2 unspecified atom stereocenters. The molecular weight excluding hydrogens is 262 g/mol. The van der Waals surface area contributed by atoms with E-state index in [1.807, 2.05) is 13.8 Å². The highest BCUT2D eigenvalue weighted by atomic mass is 35.5. The number of rotatable bonds is 2. The van der Waals surface area contributed by atoms with Gasteiger partial charge in [-0.05, 0) is 6.42 Å². The number of nitrogens with one attached hydrogen (secondary N) is 1. The van der Waals surface area contributed by atoms with Crippen molar-refractivity contribution < 1.29 is 5.11 Å². The Morgan fingerprint density at radius 1 is 1.37 bits per heavy atom. The number of aliphatic hydroxyl groups excluding tert-OH is 1. The quantitative estimate of drug-likeness (QED) is 0.819. The molecule has 2 N–H and O–H groups in total. The van der Waals surface area contributed by atoms with Gasteiger partial charge in [0.2, 0.25) is 0 Å². The zero-order valence-electron chi connectivity index (χ0n) is 12.2. The molecule has 0 bridgehead atoms. The van der Waals surface area contributed by atoms with E-state index >= 15 is 0 Å². The van der Waals surface area contributed by atoms with Crippen molar-refractivity contribution >= 4 is 17.4 Å². The van der Waals surface area contributed by atoms with E-state index in [0.29, 0.717) is 5.15 Å². The predicted octanol–water partition coefficient (Wildman–Crippen LogP) is 3.00. The highest BCUT2D eigenvalue weighted by Crippen LogP contribution is 2.42. The van der Waals surface area contributed by atoms with Crippen molar-refractivity contribution in [3.8, 4) is 0 Å². The fourth-order valence-electron chi connectivity index (χ4n) is 2.15. The molecule has 0 spiro atoms. The molecular formula is C14H22ClN3O. The van der Waals surface area contributed by atoms with Gasteiger partial charge in [0.1, 0.15) is 16.8 Å². The van der Waals surface area contributed by atoms with Gasteiger partial charge in [0.15, 0.2) is 0 Å². The highest BCUT2D eigenvalue weighted by Gasteiger charge is 2.47. The summed E-state index contributed by atoms with van der Waals surface area (Å²) in [6.07, 6.45) is 0.476. The van der Waals surface area contributed by atoms with Crippen LogP contribution in [-0.4, -0.2) is 27.2 Å². The molecule has 4 nitrogen and oxygen atoms in total. The average Bonchev–Trinajstić information content (AvgIpc) is 2.27. The lowest BCUT2D eigenvalue weighted by Crippen LogP contribution is -2.57. The van der Waals surface area contributed by atoms with E-state index in [9.17, 15) is 5.11 Å². The van der Waals surface area contributed by atoms with Crippen LogP contribution >= 0.6 is 11.6 Å². The standard InChI is InChI=1S/C14H22ClN3O/c1-13(2,3)12-17-10(15)7-11(18-12)16-8-6-9(19)14(8,4)5/h7-9,19H,6H2,1-5H3,(H,16,17,18). The van der Waals surface area contributed by atoms with Crippen molar-refractivity contribution in [3.05, 3.63) is 17.0 Å². The first-order chi connectivity index (χ1) is 8.60. The Labute approximate surface area is 119 Å². The van der Waals surface area contributed by atoms with Crippen molar-refractivity contribution in [3.63, 3.8) is 0 Å². The molecule has 2 atom stereocenters. The van der Waals surface area contributed by atoms with Crippen LogP contribution in [0.25, 0.3) is 0 Å². The van der Waals surface area contributed by atoms with E-state index in [-0.39, 0.29) is 23.0 Å². The van der Waals surface area contributed by atoms with Gasteiger partial charge in [0, 0.05) is 22.9 Å². The van der Waals surface area contributed by atoms with Crippen LogP contribution in [-0.2, 0) is 5.41 Å². The molecule has 0 radical (unpaired) electrons. The molecule has 1 aromatic rings. The first kappa shape index (κ1) is 14.5. The van der Waals surface area contributed by atoms with E-state index in [4.69, 9.17) is 11.6 Å². The summed E-state index contributed by atoms with van der Waals surface area (Å²) in [5, 5.41) is 13.6. The molecule has 0 amide bonds. The van der Waals surface area contributed by atoms with Gasteiger partial charge in [-0.15, -0.1) is 0 Å². The maximum atomic E-state index is 9.76. The van der Waals surface area contributed by atoms with Gasteiger partial charge in [-0.25, -0.2) is 9.97 Å².